The minimum Gasteiger partial charge on any atom is -0.353 e. The van der Waals surface area contributed by atoms with Crippen molar-refractivity contribution in [1.82, 2.24) is 5.32 Å². The highest BCUT2D eigenvalue weighted by Crippen LogP contribution is 2.56. The molecule has 1 spiro atoms. The van der Waals surface area contributed by atoms with Crippen LogP contribution in [0.25, 0.3) is 0 Å². The molecule has 1 amide bonds. The van der Waals surface area contributed by atoms with Gasteiger partial charge in [-0.3, -0.25) is 4.79 Å². The summed E-state index contributed by atoms with van der Waals surface area (Å²) in [5.74, 6) is 0.577. The molecule has 0 aromatic rings. The second-order valence-corrected chi connectivity index (χ2v) is 6.94. The molecule has 0 aromatic carbocycles. The highest BCUT2D eigenvalue weighted by Gasteiger charge is 2.45. The lowest BCUT2D eigenvalue weighted by Crippen LogP contribution is -2.42. The van der Waals surface area contributed by atoms with Gasteiger partial charge in [0, 0.05) is 6.04 Å². The van der Waals surface area contributed by atoms with Crippen LogP contribution in [0.5, 0.6) is 0 Å². The zero-order chi connectivity index (χ0) is 13.5. The number of rotatable bonds is 2. The second kappa shape index (κ2) is 4.81. The Morgan fingerprint density at radius 1 is 1.26 bits per heavy atom. The third kappa shape index (κ3) is 2.77. The van der Waals surface area contributed by atoms with Crippen molar-refractivity contribution in [2.45, 2.75) is 58.4 Å². The maximum atomic E-state index is 12.4. The van der Waals surface area contributed by atoms with E-state index < -0.39 is 0 Å². The molecule has 3 aliphatic carbocycles. The van der Waals surface area contributed by atoms with Crippen molar-refractivity contribution in [3.8, 4) is 0 Å². The number of hydrogen-bond acceptors (Lipinski definition) is 1. The summed E-state index contributed by atoms with van der Waals surface area (Å²) in [7, 11) is 0. The normalized spacial score (nSPS) is 33.1. The molecule has 0 aliphatic heterocycles. The van der Waals surface area contributed by atoms with E-state index in [1.807, 2.05) is 0 Å². The van der Waals surface area contributed by atoms with Crippen molar-refractivity contribution in [2.24, 2.45) is 17.3 Å². The summed E-state index contributed by atoms with van der Waals surface area (Å²) in [4.78, 5) is 12.4. The van der Waals surface area contributed by atoms with Gasteiger partial charge in [0.25, 0.3) is 0 Å². The van der Waals surface area contributed by atoms with Gasteiger partial charge in [-0.1, -0.05) is 30.7 Å². The molecule has 2 nitrogen and oxygen atoms in total. The van der Waals surface area contributed by atoms with Crippen molar-refractivity contribution >= 4 is 5.91 Å². The van der Waals surface area contributed by atoms with Gasteiger partial charge in [-0.25, -0.2) is 0 Å². The molecular weight excluding hydrogens is 234 g/mol. The Morgan fingerprint density at radius 3 is 2.53 bits per heavy atom. The summed E-state index contributed by atoms with van der Waals surface area (Å²) >= 11 is 0. The molecule has 19 heavy (non-hydrogen) atoms. The fourth-order valence-corrected chi connectivity index (χ4v) is 3.68. The second-order valence-electron chi connectivity index (χ2n) is 6.94. The molecule has 2 unspecified atom stereocenters. The fraction of sp³-hybridized carbons (Fsp3) is 0.706. The van der Waals surface area contributed by atoms with Gasteiger partial charge in [0.1, 0.15) is 0 Å². The molecule has 0 bridgehead atoms. The number of hydrogen-bond donors (Lipinski definition) is 1. The standard InChI is InChI=1S/C17H25NO/c1-12-3-4-15(13(2)11-12)16(19)18-14-5-7-17(8-6-14)9-10-17/h3-4,11,13-15H,5-10H2,1-2H3,(H,18,19). The summed E-state index contributed by atoms with van der Waals surface area (Å²) < 4.78 is 0. The number of nitrogens with one attached hydrogen (secondary N) is 1. The van der Waals surface area contributed by atoms with E-state index in [4.69, 9.17) is 0 Å². The molecule has 2 heteroatoms. The van der Waals surface area contributed by atoms with E-state index in [9.17, 15) is 4.79 Å². The molecule has 2 saturated carbocycles. The molecule has 0 aromatic heterocycles. The lowest BCUT2D eigenvalue weighted by atomic mass is 9.82. The first kappa shape index (κ1) is 13.0. The maximum Gasteiger partial charge on any atom is 0.227 e. The van der Waals surface area contributed by atoms with Crippen molar-refractivity contribution in [2.75, 3.05) is 0 Å². The van der Waals surface area contributed by atoms with Crippen LogP contribution in [0.2, 0.25) is 0 Å². The van der Waals surface area contributed by atoms with Gasteiger partial charge in [-0.05, 0) is 56.8 Å². The van der Waals surface area contributed by atoms with Gasteiger partial charge < -0.3 is 5.32 Å². The van der Waals surface area contributed by atoms with Crippen LogP contribution in [0, 0.1) is 17.3 Å². The van der Waals surface area contributed by atoms with Crippen LogP contribution in [0.15, 0.2) is 23.8 Å². The van der Waals surface area contributed by atoms with Crippen LogP contribution in [0.1, 0.15) is 52.4 Å². The lowest BCUT2D eigenvalue weighted by Gasteiger charge is -2.31. The molecule has 1 N–H and O–H groups in total. The molecule has 3 rings (SSSR count). The van der Waals surface area contributed by atoms with Gasteiger partial charge in [-0.2, -0.15) is 0 Å². The fourth-order valence-electron chi connectivity index (χ4n) is 3.68. The number of allylic oxidation sites excluding steroid dienone is 3. The van der Waals surface area contributed by atoms with Gasteiger partial charge in [0.05, 0.1) is 5.92 Å². The first-order valence-corrected chi connectivity index (χ1v) is 7.75. The van der Waals surface area contributed by atoms with E-state index in [2.05, 4.69) is 37.4 Å². The number of carbonyl (C=O) groups excluding carboxylic acids is 1. The van der Waals surface area contributed by atoms with Gasteiger partial charge >= 0.3 is 0 Å². The molecule has 104 valence electrons. The Balaban J connectivity index is 1.53. The van der Waals surface area contributed by atoms with E-state index in [0.29, 0.717) is 17.4 Å². The average molecular weight is 259 g/mol. The molecule has 0 radical (unpaired) electrons. The zero-order valence-corrected chi connectivity index (χ0v) is 12.1. The van der Waals surface area contributed by atoms with Crippen LogP contribution in [0.4, 0.5) is 0 Å². The maximum absolute atomic E-state index is 12.4. The van der Waals surface area contributed by atoms with Crippen LogP contribution < -0.4 is 5.32 Å². The first-order chi connectivity index (χ1) is 9.08. The van der Waals surface area contributed by atoms with E-state index in [1.165, 1.54) is 44.1 Å². The van der Waals surface area contributed by atoms with E-state index in [-0.39, 0.29) is 11.8 Å². The number of amides is 1. The summed E-state index contributed by atoms with van der Waals surface area (Å²) in [6.45, 7) is 4.23. The predicted molar refractivity (Wildman–Crippen MR) is 77.6 cm³/mol. The van der Waals surface area contributed by atoms with Crippen LogP contribution >= 0.6 is 0 Å². The topological polar surface area (TPSA) is 29.1 Å². The van der Waals surface area contributed by atoms with E-state index in [0.717, 1.165) is 0 Å². The van der Waals surface area contributed by atoms with Crippen molar-refractivity contribution in [1.29, 1.82) is 0 Å². The highest BCUT2D eigenvalue weighted by atomic mass is 16.1. The predicted octanol–water partition coefficient (Wildman–Crippen LogP) is 3.59. The third-order valence-corrected chi connectivity index (χ3v) is 5.31. The minimum absolute atomic E-state index is 0.0283. The Kier molecular flexibility index (Phi) is 3.28. The minimum atomic E-state index is 0.0283. The van der Waals surface area contributed by atoms with Crippen LogP contribution in [0.3, 0.4) is 0 Å². The van der Waals surface area contributed by atoms with Crippen LogP contribution in [-0.2, 0) is 4.79 Å². The molecule has 2 atom stereocenters. The summed E-state index contributed by atoms with van der Waals surface area (Å²) in [6, 6.07) is 0.423. The summed E-state index contributed by atoms with van der Waals surface area (Å²) in [5, 5.41) is 3.28. The average Bonchev–Trinajstić information content (AvgIpc) is 3.12. The molecular formula is C17H25NO. The lowest BCUT2D eigenvalue weighted by molar-refractivity contribution is -0.125. The van der Waals surface area contributed by atoms with Gasteiger partial charge in [0.2, 0.25) is 5.91 Å². The van der Waals surface area contributed by atoms with Crippen molar-refractivity contribution in [3.05, 3.63) is 23.8 Å². The first-order valence-electron chi connectivity index (χ1n) is 7.75. The Hall–Kier alpha value is -1.05. The summed E-state index contributed by atoms with van der Waals surface area (Å²) in [5.41, 5.74) is 1.98. The smallest absolute Gasteiger partial charge is 0.227 e. The van der Waals surface area contributed by atoms with Gasteiger partial charge in [-0.15, -0.1) is 0 Å². The van der Waals surface area contributed by atoms with Crippen molar-refractivity contribution < 1.29 is 4.79 Å². The highest BCUT2D eigenvalue weighted by molar-refractivity contribution is 5.81. The zero-order valence-electron chi connectivity index (χ0n) is 12.1. The quantitative estimate of drug-likeness (QED) is 0.806. The molecule has 2 fully saturated rings. The summed E-state index contributed by atoms with van der Waals surface area (Å²) in [6.07, 6.45) is 14.2. The Labute approximate surface area is 116 Å². The van der Waals surface area contributed by atoms with Crippen LogP contribution in [-0.4, -0.2) is 11.9 Å². The molecule has 3 aliphatic rings. The Morgan fingerprint density at radius 2 is 1.95 bits per heavy atom. The Bertz CT molecular complexity index is 421. The van der Waals surface area contributed by atoms with Crippen molar-refractivity contribution in [3.63, 3.8) is 0 Å². The molecule has 0 saturated heterocycles. The third-order valence-electron chi connectivity index (χ3n) is 5.31. The van der Waals surface area contributed by atoms with E-state index in [1.54, 1.807) is 0 Å². The SMILES string of the molecule is CC1=CC(C)C(C(=O)NC2CCC3(CC2)CC3)C=C1. The van der Waals surface area contributed by atoms with E-state index >= 15 is 0 Å². The number of carbonyl (C=O) groups is 1. The largest absolute Gasteiger partial charge is 0.353 e. The van der Waals surface area contributed by atoms with Gasteiger partial charge in [0.15, 0.2) is 0 Å². The molecule has 0 heterocycles. The monoisotopic (exact) mass is 259 g/mol.